The largest absolute Gasteiger partial charge is 0.494 e. The first kappa shape index (κ1) is 15.0. The van der Waals surface area contributed by atoms with Gasteiger partial charge in [-0.3, -0.25) is 0 Å². The van der Waals surface area contributed by atoms with E-state index >= 15 is 0 Å². The zero-order chi connectivity index (χ0) is 15.1. The Labute approximate surface area is 124 Å². The third-order valence-electron chi connectivity index (χ3n) is 2.63. The first-order valence-corrected chi connectivity index (χ1v) is 7.12. The van der Waals surface area contributed by atoms with Gasteiger partial charge in [0.2, 0.25) is 5.95 Å². The van der Waals surface area contributed by atoms with E-state index in [9.17, 15) is 0 Å². The lowest BCUT2D eigenvalue weighted by Gasteiger charge is -2.09. The monoisotopic (exact) mass is 288 g/mol. The van der Waals surface area contributed by atoms with Crippen molar-refractivity contribution in [3.05, 3.63) is 24.3 Å². The van der Waals surface area contributed by atoms with Gasteiger partial charge >= 0.3 is 6.01 Å². The number of hydrogen-bond acceptors (Lipinski definition) is 6. The molecule has 1 aromatic carbocycles. The van der Waals surface area contributed by atoms with Gasteiger partial charge < -0.3 is 14.8 Å². The Morgan fingerprint density at radius 3 is 2.52 bits per heavy atom. The SMILES string of the molecule is CCNc1nc(OCC)nc(-c2cccc(OCC)c2)n1. The summed E-state index contributed by atoms with van der Waals surface area (Å²) >= 11 is 0. The molecule has 6 heteroatoms. The van der Waals surface area contributed by atoms with Gasteiger partial charge in [0.05, 0.1) is 13.2 Å². The van der Waals surface area contributed by atoms with Crippen LogP contribution in [-0.2, 0) is 0 Å². The molecule has 2 rings (SSSR count). The molecule has 112 valence electrons. The van der Waals surface area contributed by atoms with E-state index in [1.54, 1.807) is 0 Å². The molecule has 0 aliphatic rings. The van der Waals surface area contributed by atoms with Gasteiger partial charge in [-0.05, 0) is 32.9 Å². The maximum absolute atomic E-state index is 5.51. The lowest BCUT2D eigenvalue weighted by atomic mass is 10.2. The topological polar surface area (TPSA) is 69.2 Å². The molecular weight excluding hydrogens is 268 g/mol. The first-order chi connectivity index (χ1) is 10.3. The second-order valence-corrected chi connectivity index (χ2v) is 4.19. The zero-order valence-electron chi connectivity index (χ0n) is 12.6. The van der Waals surface area contributed by atoms with Crippen molar-refractivity contribution in [2.75, 3.05) is 25.1 Å². The van der Waals surface area contributed by atoms with Crippen molar-refractivity contribution < 1.29 is 9.47 Å². The second kappa shape index (κ2) is 7.42. The van der Waals surface area contributed by atoms with Crippen LogP contribution in [0.15, 0.2) is 24.3 Å². The van der Waals surface area contributed by atoms with Gasteiger partial charge in [0.15, 0.2) is 5.82 Å². The fourth-order valence-corrected chi connectivity index (χ4v) is 1.81. The van der Waals surface area contributed by atoms with Crippen LogP contribution in [0, 0.1) is 0 Å². The average Bonchev–Trinajstić information content (AvgIpc) is 2.48. The molecule has 1 N–H and O–H groups in total. The van der Waals surface area contributed by atoms with E-state index in [0.717, 1.165) is 17.9 Å². The predicted octanol–water partition coefficient (Wildman–Crippen LogP) is 2.77. The van der Waals surface area contributed by atoms with Crippen LogP contribution in [0.25, 0.3) is 11.4 Å². The molecule has 6 nitrogen and oxygen atoms in total. The highest BCUT2D eigenvalue weighted by molar-refractivity contribution is 5.58. The van der Waals surface area contributed by atoms with Crippen molar-refractivity contribution in [1.29, 1.82) is 0 Å². The maximum atomic E-state index is 5.51. The van der Waals surface area contributed by atoms with Crippen molar-refractivity contribution in [1.82, 2.24) is 15.0 Å². The molecule has 21 heavy (non-hydrogen) atoms. The van der Waals surface area contributed by atoms with E-state index in [0.29, 0.717) is 31.0 Å². The van der Waals surface area contributed by atoms with Crippen LogP contribution in [0.1, 0.15) is 20.8 Å². The Balaban J connectivity index is 2.38. The summed E-state index contributed by atoms with van der Waals surface area (Å²) in [5.41, 5.74) is 0.864. The smallest absolute Gasteiger partial charge is 0.321 e. The van der Waals surface area contributed by atoms with Crippen LogP contribution >= 0.6 is 0 Å². The van der Waals surface area contributed by atoms with Crippen LogP contribution in [0.4, 0.5) is 5.95 Å². The van der Waals surface area contributed by atoms with Gasteiger partial charge in [-0.25, -0.2) is 0 Å². The lowest BCUT2D eigenvalue weighted by molar-refractivity contribution is 0.312. The number of hydrogen-bond donors (Lipinski definition) is 1. The Bertz CT molecular complexity index is 565. The number of anilines is 1. The summed E-state index contributed by atoms with van der Waals surface area (Å²) in [6, 6.07) is 7.98. The van der Waals surface area contributed by atoms with E-state index < -0.39 is 0 Å². The van der Waals surface area contributed by atoms with Crippen LogP contribution < -0.4 is 14.8 Å². The molecule has 0 amide bonds. The molecule has 0 atom stereocenters. The molecule has 0 fully saturated rings. The summed E-state index contributed by atoms with van der Waals surface area (Å²) in [4.78, 5) is 13.0. The number of benzene rings is 1. The van der Waals surface area contributed by atoms with Crippen molar-refractivity contribution in [2.45, 2.75) is 20.8 Å². The van der Waals surface area contributed by atoms with Crippen LogP contribution in [0.2, 0.25) is 0 Å². The molecule has 0 aliphatic heterocycles. The molecule has 0 aliphatic carbocycles. The van der Waals surface area contributed by atoms with Gasteiger partial charge in [-0.1, -0.05) is 12.1 Å². The summed E-state index contributed by atoms with van der Waals surface area (Å²) < 4.78 is 10.9. The standard InChI is InChI=1S/C15H20N4O2/c1-4-16-14-17-13(18-15(19-14)21-6-3)11-8-7-9-12(10-11)20-5-2/h7-10H,4-6H2,1-3H3,(H,16,17,18,19). The van der Waals surface area contributed by atoms with Crippen molar-refractivity contribution in [3.63, 3.8) is 0 Å². The predicted molar refractivity (Wildman–Crippen MR) is 81.8 cm³/mol. The molecule has 0 unspecified atom stereocenters. The second-order valence-electron chi connectivity index (χ2n) is 4.19. The van der Waals surface area contributed by atoms with Crippen molar-refractivity contribution in [2.24, 2.45) is 0 Å². The summed E-state index contributed by atoms with van der Waals surface area (Å²) in [6.07, 6.45) is 0. The van der Waals surface area contributed by atoms with E-state index in [1.807, 2.05) is 45.0 Å². The van der Waals surface area contributed by atoms with E-state index in [-0.39, 0.29) is 0 Å². The third-order valence-corrected chi connectivity index (χ3v) is 2.63. The van der Waals surface area contributed by atoms with Crippen LogP contribution in [-0.4, -0.2) is 34.7 Å². The molecular formula is C15H20N4O2. The Kier molecular flexibility index (Phi) is 5.31. The fraction of sp³-hybridized carbons (Fsp3) is 0.400. The number of rotatable bonds is 7. The minimum atomic E-state index is 0.320. The van der Waals surface area contributed by atoms with Gasteiger partial charge in [-0.2, -0.15) is 15.0 Å². The summed E-state index contributed by atoms with van der Waals surface area (Å²) in [5, 5.41) is 3.08. The normalized spacial score (nSPS) is 10.2. The minimum Gasteiger partial charge on any atom is -0.494 e. The summed E-state index contributed by atoms with van der Waals surface area (Å²) in [7, 11) is 0. The molecule has 1 heterocycles. The Hall–Kier alpha value is -2.37. The Morgan fingerprint density at radius 2 is 1.81 bits per heavy atom. The third kappa shape index (κ3) is 4.05. The van der Waals surface area contributed by atoms with E-state index in [1.165, 1.54) is 0 Å². The fourth-order valence-electron chi connectivity index (χ4n) is 1.81. The molecule has 2 aromatic rings. The lowest BCUT2D eigenvalue weighted by Crippen LogP contribution is -2.07. The van der Waals surface area contributed by atoms with Gasteiger partial charge in [0.1, 0.15) is 5.75 Å². The molecule has 0 spiro atoms. The molecule has 0 bridgehead atoms. The highest BCUT2D eigenvalue weighted by Crippen LogP contribution is 2.23. The van der Waals surface area contributed by atoms with Crippen LogP contribution in [0.3, 0.4) is 0 Å². The molecule has 0 radical (unpaired) electrons. The zero-order valence-corrected chi connectivity index (χ0v) is 12.6. The number of nitrogens with zero attached hydrogens (tertiary/aromatic N) is 3. The van der Waals surface area contributed by atoms with Gasteiger partial charge in [0, 0.05) is 12.1 Å². The number of ether oxygens (including phenoxy) is 2. The van der Waals surface area contributed by atoms with Gasteiger partial charge in [-0.15, -0.1) is 0 Å². The maximum Gasteiger partial charge on any atom is 0.321 e. The van der Waals surface area contributed by atoms with Crippen molar-refractivity contribution >= 4 is 5.95 Å². The van der Waals surface area contributed by atoms with E-state index in [2.05, 4.69) is 20.3 Å². The first-order valence-electron chi connectivity index (χ1n) is 7.12. The van der Waals surface area contributed by atoms with Gasteiger partial charge in [0.25, 0.3) is 0 Å². The highest BCUT2D eigenvalue weighted by atomic mass is 16.5. The number of nitrogens with one attached hydrogen (secondary N) is 1. The molecule has 0 saturated heterocycles. The average molecular weight is 288 g/mol. The summed E-state index contributed by atoms with van der Waals surface area (Å²) in [6.45, 7) is 7.69. The molecule has 1 aromatic heterocycles. The highest BCUT2D eigenvalue weighted by Gasteiger charge is 2.09. The minimum absolute atomic E-state index is 0.320. The number of aromatic nitrogens is 3. The van der Waals surface area contributed by atoms with Crippen LogP contribution in [0.5, 0.6) is 11.8 Å². The Morgan fingerprint density at radius 1 is 1.00 bits per heavy atom. The van der Waals surface area contributed by atoms with Crippen molar-refractivity contribution in [3.8, 4) is 23.1 Å². The summed E-state index contributed by atoms with van der Waals surface area (Å²) in [5.74, 6) is 1.86. The van der Waals surface area contributed by atoms with E-state index in [4.69, 9.17) is 9.47 Å². The molecule has 0 saturated carbocycles. The quantitative estimate of drug-likeness (QED) is 0.845.